The molecule has 0 saturated carbocycles. The summed E-state index contributed by atoms with van der Waals surface area (Å²) in [5.41, 5.74) is 2.67. The summed E-state index contributed by atoms with van der Waals surface area (Å²) in [5.74, 6) is -0.383. The molecule has 156 valence electrons. The predicted octanol–water partition coefficient (Wildman–Crippen LogP) is 3.99. The molecule has 7 heteroatoms. The largest absolute Gasteiger partial charge is 0.415 e. The number of aliphatic hydroxyl groups is 1. The van der Waals surface area contributed by atoms with Crippen LogP contribution in [0.5, 0.6) is 0 Å². The second kappa shape index (κ2) is 9.41. The van der Waals surface area contributed by atoms with Crippen molar-refractivity contribution in [1.82, 2.24) is 4.90 Å². The van der Waals surface area contributed by atoms with Gasteiger partial charge in [0.05, 0.1) is 6.54 Å². The van der Waals surface area contributed by atoms with E-state index in [0.29, 0.717) is 31.5 Å². The van der Waals surface area contributed by atoms with Gasteiger partial charge < -0.3 is 10.4 Å². The highest BCUT2D eigenvalue weighted by Gasteiger charge is 2.46. The topological polar surface area (TPSA) is 52.6 Å². The maximum absolute atomic E-state index is 13.0. The van der Waals surface area contributed by atoms with Crippen LogP contribution in [0.25, 0.3) is 0 Å². The first-order valence-electron chi connectivity index (χ1n) is 9.75. The van der Waals surface area contributed by atoms with Crippen LogP contribution in [0.4, 0.5) is 18.9 Å². The third kappa shape index (κ3) is 5.81. The van der Waals surface area contributed by atoms with Crippen LogP contribution in [0.3, 0.4) is 0 Å². The van der Waals surface area contributed by atoms with Gasteiger partial charge in [0.2, 0.25) is 5.91 Å². The van der Waals surface area contributed by atoms with Crippen molar-refractivity contribution >= 4 is 11.6 Å². The van der Waals surface area contributed by atoms with Crippen LogP contribution < -0.4 is 5.32 Å². The molecule has 2 unspecified atom stereocenters. The molecule has 0 bridgehead atoms. The van der Waals surface area contributed by atoms with Gasteiger partial charge in [-0.1, -0.05) is 55.0 Å². The Labute approximate surface area is 168 Å². The van der Waals surface area contributed by atoms with Crippen LogP contribution in [-0.4, -0.2) is 47.3 Å². The van der Waals surface area contributed by atoms with Gasteiger partial charge in [0.25, 0.3) is 0 Å². The first-order valence-corrected chi connectivity index (χ1v) is 9.75. The first kappa shape index (κ1) is 21.3. The van der Waals surface area contributed by atoms with Crippen LogP contribution in [-0.2, 0) is 11.2 Å². The Bertz CT molecular complexity index is 811. The number of para-hydroxylation sites is 1. The number of alkyl halides is 3. The number of nitrogens with one attached hydrogen (secondary N) is 1. The molecule has 1 aliphatic heterocycles. The number of aliphatic hydroxyl groups excluding tert-OH is 1. The van der Waals surface area contributed by atoms with Gasteiger partial charge >= 0.3 is 6.18 Å². The van der Waals surface area contributed by atoms with Gasteiger partial charge in [0.15, 0.2) is 6.10 Å². The molecule has 0 radical (unpaired) electrons. The van der Waals surface area contributed by atoms with Crippen LogP contribution in [0.2, 0.25) is 0 Å². The minimum Gasteiger partial charge on any atom is -0.382 e. The summed E-state index contributed by atoms with van der Waals surface area (Å²) in [6.07, 6.45) is -4.97. The minimum absolute atomic E-state index is 0.183. The average molecular weight is 406 g/mol. The number of carbonyl (C=O) groups is 1. The molecule has 1 aliphatic rings. The Kier molecular flexibility index (Phi) is 6.92. The van der Waals surface area contributed by atoms with Crippen LogP contribution in [0, 0.1) is 0 Å². The monoisotopic (exact) mass is 406 g/mol. The van der Waals surface area contributed by atoms with Crippen molar-refractivity contribution in [3.8, 4) is 0 Å². The number of nitrogens with zero attached hydrogens (tertiary/aromatic N) is 1. The standard InChI is InChI=1S/C22H25F3N2O2/c23-22(24,25)21(29)19-12-6-7-13-27(19)15-20(28)26-18-11-5-4-10-17(18)14-16-8-2-1-3-9-16/h1-5,8-11,19,21,29H,6-7,12-15H2,(H,26,28). The van der Waals surface area contributed by atoms with Crippen molar-refractivity contribution in [1.29, 1.82) is 0 Å². The average Bonchev–Trinajstić information content (AvgIpc) is 2.69. The fraction of sp³-hybridized carbons (Fsp3) is 0.409. The highest BCUT2D eigenvalue weighted by Crippen LogP contribution is 2.30. The van der Waals surface area contributed by atoms with Gasteiger partial charge in [-0.25, -0.2) is 0 Å². The highest BCUT2D eigenvalue weighted by atomic mass is 19.4. The number of likely N-dealkylation sites (tertiary alicyclic amines) is 1. The van der Waals surface area contributed by atoms with E-state index in [4.69, 9.17) is 0 Å². The molecule has 1 amide bonds. The maximum Gasteiger partial charge on any atom is 0.415 e. The number of halogens is 3. The smallest absolute Gasteiger partial charge is 0.382 e. The Morgan fingerprint density at radius 1 is 1.10 bits per heavy atom. The molecular formula is C22H25F3N2O2. The van der Waals surface area contributed by atoms with Gasteiger partial charge in [0, 0.05) is 11.7 Å². The van der Waals surface area contributed by atoms with Crippen molar-refractivity contribution in [2.45, 2.75) is 44.0 Å². The van der Waals surface area contributed by atoms with E-state index in [9.17, 15) is 23.1 Å². The minimum atomic E-state index is -4.70. The molecule has 2 aromatic carbocycles. The van der Waals surface area contributed by atoms with E-state index >= 15 is 0 Å². The summed E-state index contributed by atoms with van der Waals surface area (Å²) in [6, 6.07) is 16.1. The molecule has 4 nitrogen and oxygen atoms in total. The normalized spacial score (nSPS) is 19.0. The molecular weight excluding hydrogens is 381 g/mol. The lowest BCUT2D eigenvalue weighted by Crippen LogP contribution is -2.54. The fourth-order valence-electron chi connectivity index (χ4n) is 3.78. The van der Waals surface area contributed by atoms with E-state index in [1.165, 1.54) is 4.90 Å². The van der Waals surface area contributed by atoms with Gasteiger partial charge in [-0.2, -0.15) is 13.2 Å². The van der Waals surface area contributed by atoms with Crippen LogP contribution in [0.15, 0.2) is 54.6 Å². The van der Waals surface area contributed by atoms with Gasteiger partial charge in [-0.3, -0.25) is 9.69 Å². The van der Waals surface area contributed by atoms with E-state index < -0.39 is 18.3 Å². The number of rotatable bonds is 6. The zero-order valence-corrected chi connectivity index (χ0v) is 16.0. The number of piperidine rings is 1. The number of hydrogen-bond acceptors (Lipinski definition) is 3. The Morgan fingerprint density at radius 3 is 2.52 bits per heavy atom. The fourth-order valence-corrected chi connectivity index (χ4v) is 3.78. The summed E-state index contributed by atoms with van der Waals surface area (Å²) in [4.78, 5) is 14.0. The van der Waals surface area contributed by atoms with Crippen molar-refractivity contribution in [2.75, 3.05) is 18.4 Å². The SMILES string of the molecule is O=C(CN1CCCCC1C(O)C(F)(F)F)Nc1ccccc1Cc1ccccc1. The highest BCUT2D eigenvalue weighted by molar-refractivity contribution is 5.93. The number of carbonyl (C=O) groups excluding carboxylic acids is 1. The van der Waals surface area contributed by atoms with E-state index in [-0.39, 0.29) is 18.9 Å². The van der Waals surface area contributed by atoms with Crippen LogP contribution >= 0.6 is 0 Å². The predicted molar refractivity (Wildman–Crippen MR) is 106 cm³/mol. The zero-order chi connectivity index (χ0) is 20.9. The first-order chi connectivity index (χ1) is 13.8. The molecule has 1 heterocycles. The molecule has 2 atom stereocenters. The lowest BCUT2D eigenvalue weighted by Gasteiger charge is -2.38. The maximum atomic E-state index is 13.0. The molecule has 1 fully saturated rings. The number of amides is 1. The van der Waals surface area contributed by atoms with E-state index in [1.54, 1.807) is 12.1 Å². The second-order valence-electron chi connectivity index (χ2n) is 7.39. The summed E-state index contributed by atoms with van der Waals surface area (Å²) in [7, 11) is 0. The summed E-state index contributed by atoms with van der Waals surface area (Å²) >= 11 is 0. The molecule has 2 N–H and O–H groups in total. The number of anilines is 1. The molecule has 0 aromatic heterocycles. The van der Waals surface area contributed by atoms with E-state index in [0.717, 1.165) is 11.1 Å². The number of benzene rings is 2. The Hall–Kier alpha value is -2.38. The summed E-state index contributed by atoms with van der Waals surface area (Å²) < 4.78 is 38.9. The van der Waals surface area contributed by atoms with Gasteiger partial charge in [-0.05, 0) is 43.0 Å². The van der Waals surface area contributed by atoms with Crippen molar-refractivity contribution in [3.63, 3.8) is 0 Å². The third-order valence-corrected chi connectivity index (χ3v) is 5.24. The summed E-state index contributed by atoms with van der Waals surface area (Å²) in [5, 5.41) is 12.5. The number of hydrogen-bond donors (Lipinski definition) is 2. The molecule has 1 saturated heterocycles. The van der Waals surface area contributed by atoms with Gasteiger partial charge in [-0.15, -0.1) is 0 Å². The molecule has 0 aliphatic carbocycles. The van der Waals surface area contributed by atoms with Crippen molar-refractivity contribution in [2.24, 2.45) is 0 Å². The molecule has 3 rings (SSSR count). The molecule has 2 aromatic rings. The van der Waals surface area contributed by atoms with Gasteiger partial charge in [0.1, 0.15) is 0 Å². The lowest BCUT2D eigenvalue weighted by atomic mass is 9.97. The third-order valence-electron chi connectivity index (χ3n) is 5.24. The lowest BCUT2D eigenvalue weighted by molar-refractivity contribution is -0.224. The second-order valence-corrected chi connectivity index (χ2v) is 7.39. The zero-order valence-electron chi connectivity index (χ0n) is 16.0. The summed E-state index contributed by atoms with van der Waals surface area (Å²) in [6.45, 7) is 0.175. The molecule has 0 spiro atoms. The quantitative estimate of drug-likeness (QED) is 0.763. The Balaban J connectivity index is 1.67. The Morgan fingerprint density at radius 2 is 1.79 bits per heavy atom. The molecule has 29 heavy (non-hydrogen) atoms. The van der Waals surface area contributed by atoms with E-state index in [2.05, 4.69) is 5.32 Å². The van der Waals surface area contributed by atoms with E-state index in [1.807, 2.05) is 42.5 Å². The van der Waals surface area contributed by atoms with Crippen molar-refractivity contribution in [3.05, 3.63) is 65.7 Å². The van der Waals surface area contributed by atoms with Crippen LogP contribution in [0.1, 0.15) is 30.4 Å². The van der Waals surface area contributed by atoms with Crippen molar-refractivity contribution < 1.29 is 23.1 Å².